The van der Waals surface area contributed by atoms with Crippen LogP contribution in [-0.2, 0) is 6.42 Å². The number of hydrogen-bond acceptors (Lipinski definition) is 6. The van der Waals surface area contributed by atoms with E-state index in [9.17, 15) is 4.79 Å². The Bertz CT molecular complexity index is 913. The van der Waals surface area contributed by atoms with Crippen LogP contribution in [0.3, 0.4) is 0 Å². The van der Waals surface area contributed by atoms with Crippen LogP contribution in [0.15, 0.2) is 35.1 Å². The largest absolute Gasteiger partial charge is 0.358 e. The van der Waals surface area contributed by atoms with Crippen molar-refractivity contribution in [1.29, 1.82) is 0 Å². The summed E-state index contributed by atoms with van der Waals surface area (Å²) in [6.45, 7) is 4.67. The van der Waals surface area contributed by atoms with E-state index in [1.54, 1.807) is 0 Å². The van der Waals surface area contributed by atoms with E-state index in [-0.39, 0.29) is 11.6 Å². The maximum Gasteiger partial charge on any atom is 0.275 e. The fraction of sp³-hybridized carbons (Fsp3) is 0.389. The first kappa shape index (κ1) is 17.6. The van der Waals surface area contributed by atoms with Gasteiger partial charge in [0, 0.05) is 18.3 Å². The number of fused-ring (bicyclic) bond motifs is 1. The number of nitrogens with one attached hydrogen (secondary N) is 1. The van der Waals surface area contributed by atoms with Gasteiger partial charge in [-0.2, -0.15) is 4.52 Å². The normalized spacial score (nSPS) is 12.7. The maximum atomic E-state index is 12.0. The number of likely N-dealkylation sites (N-methyl/N-ethyl adjacent to an activating group) is 1. The van der Waals surface area contributed by atoms with E-state index in [1.807, 2.05) is 6.92 Å². The second-order valence-electron chi connectivity index (χ2n) is 6.29. The fourth-order valence-electron chi connectivity index (χ4n) is 2.75. The van der Waals surface area contributed by atoms with Gasteiger partial charge in [-0.1, -0.05) is 42.5 Å². The van der Waals surface area contributed by atoms with E-state index in [1.165, 1.54) is 33.0 Å². The molecular weight excluding hydrogens is 334 g/mol. The van der Waals surface area contributed by atoms with E-state index in [2.05, 4.69) is 65.6 Å². The van der Waals surface area contributed by atoms with Crippen molar-refractivity contribution < 1.29 is 0 Å². The van der Waals surface area contributed by atoms with Gasteiger partial charge in [0.05, 0.1) is 6.04 Å². The predicted octanol–water partition coefficient (Wildman–Crippen LogP) is 2.74. The standard InChI is InChI=1S/C18H23N5OS/c1-5-13-6-8-14(9-7-13)15(22(3)4)11-19-17-21-23-16(24)10-12(2)20-18(23)25-17/h6-10,15H,5,11H2,1-4H3,(H,19,21)/t15-/m0/s1. The first-order valence-corrected chi connectivity index (χ1v) is 9.16. The molecule has 1 atom stereocenters. The van der Waals surface area contributed by atoms with Crippen LogP contribution in [-0.4, -0.2) is 40.1 Å². The lowest BCUT2D eigenvalue weighted by Crippen LogP contribution is -2.27. The predicted molar refractivity (Wildman–Crippen MR) is 103 cm³/mol. The first-order valence-electron chi connectivity index (χ1n) is 8.34. The summed E-state index contributed by atoms with van der Waals surface area (Å²) in [6.07, 6.45) is 1.04. The molecule has 0 bridgehead atoms. The average molecular weight is 357 g/mol. The molecule has 0 fully saturated rings. The van der Waals surface area contributed by atoms with Crippen LogP contribution in [0.25, 0.3) is 4.96 Å². The molecule has 0 aliphatic heterocycles. The first-order chi connectivity index (χ1) is 12.0. The van der Waals surface area contributed by atoms with Gasteiger partial charge in [-0.25, -0.2) is 4.98 Å². The average Bonchev–Trinajstić information content (AvgIpc) is 2.98. The molecule has 2 heterocycles. The minimum absolute atomic E-state index is 0.147. The van der Waals surface area contributed by atoms with Crippen molar-refractivity contribution in [2.45, 2.75) is 26.3 Å². The highest BCUT2D eigenvalue weighted by Crippen LogP contribution is 2.22. The zero-order chi connectivity index (χ0) is 18.0. The number of rotatable bonds is 6. The summed E-state index contributed by atoms with van der Waals surface area (Å²) in [6, 6.07) is 10.4. The SMILES string of the molecule is CCc1ccc([C@H](CNc2nn3c(=O)cc(C)nc3s2)N(C)C)cc1. The van der Waals surface area contributed by atoms with Gasteiger partial charge in [0.25, 0.3) is 5.56 Å². The van der Waals surface area contributed by atoms with Gasteiger partial charge in [-0.05, 0) is 38.6 Å². The van der Waals surface area contributed by atoms with Gasteiger partial charge in [-0.15, -0.1) is 5.10 Å². The minimum Gasteiger partial charge on any atom is -0.358 e. The third-order valence-electron chi connectivity index (χ3n) is 4.22. The summed E-state index contributed by atoms with van der Waals surface area (Å²) >= 11 is 1.39. The second-order valence-corrected chi connectivity index (χ2v) is 7.25. The molecule has 0 saturated carbocycles. The molecule has 0 radical (unpaired) electrons. The topological polar surface area (TPSA) is 62.5 Å². The van der Waals surface area contributed by atoms with Gasteiger partial charge in [0.1, 0.15) is 0 Å². The van der Waals surface area contributed by atoms with E-state index < -0.39 is 0 Å². The Labute approximate surface area is 151 Å². The summed E-state index contributed by atoms with van der Waals surface area (Å²) in [5.74, 6) is 0. The molecule has 0 aliphatic carbocycles. The summed E-state index contributed by atoms with van der Waals surface area (Å²) in [5, 5.41) is 8.39. The molecule has 0 saturated heterocycles. The van der Waals surface area contributed by atoms with Crippen LogP contribution in [0, 0.1) is 6.92 Å². The quantitative estimate of drug-likeness (QED) is 0.735. The highest BCUT2D eigenvalue weighted by molar-refractivity contribution is 7.20. The van der Waals surface area contributed by atoms with Gasteiger partial charge >= 0.3 is 0 Å². The molecule has 0 spiro atoms. The molecule has 25 heavy (non-hydrogen) atoms. The lowest BCUT2D eigenvalue weighted by molar-refractivity contribution is 0.311. The second kappa shape index (κ2) is 7.33. The molecule has 132 valence electrons. The number of aryl methyl sites for hydroxylation is 2. The Morgan fingerprint density at radius 1 is 1.28 bits per heavy atom. The van der Waals surface area contributed by atoms with E-state index in [0.29, 0.717) is 22.3 Å². The van der Waals surface area contributed by atoms with Gasteiger partial charge in [0.15, 0.2) is 0 Å². The van der Waals surface area contributed by atoms with Crippen LogP contribution in [0.2, 0.25) is 0 Å². The summed E-state index contributed by atoms with van der Waals surface area (Å²) in [5.41, 5.74) is 3.15. The van der Waals surface area contributed by atoms with Crippen LogP contribution in [0.4, 0.5) is 5.13 Å². The zero-order valence-electron chi connectivity index (χ0n) is 15.0. The number of hydrogen-bond donors (Lipinski definition) is 1. The van der Waals surface area contributed by atoms with Crippen molar-refractivity contribution in [1.82, 2.24) is 19.5 Å². The van der Waals surface area contributed by atoms with Gasteiger partial charge < -0.3 is 10.2 Å². The van der Waals surface area contributed by atoms with E-state index in [0.717, 1.165) is 6.42 Å². The Morgan fingerprint density at radius 2 is 2.00 bits per heavy atom. The molecule has 1 aromatic carbocycles. The highest BCUT2D eigenvalue weighted by atomic mass is 32.1. The van der Waals surface area contributed by atoms with Crippen molar-refractivity contribution in [2.75, 3.05) is 26.0 Å². The lowest BCUT2D eigenvalue weighted by atomic mass is 10.0. The number of nitrogens with zero attached hydrogens (tertiary/aromatic N) is 4. The third kappa shape index (κ3) is 3.88. The van der Waals surface area contributed by atoms with Gasteiger partial charge in [-0.3, -0.25) is 4.79 Å². The Kier molecular flexibility index (Phi) is 5.15. The van der Waals surface area contributed by atoms with Crippen molar-refractivity contribution in [3.05, 3.63) is 57.5 Å². The van der Waals surface area contributed by atoms with E-state index >= 15 is 0 Å². The lowest BCUT2D eigenvalue weighted by Gasteiger charge is -2.25. The fourth-order valence-corrected chi connectivity index (χ4v) is 3.61. The summed E-state index contributed by atoms with van der Waals surface area (Å²) in [4.78, 5) is 19.1. The molecule has 2 aromatic heterocycles. The van der Waals surface area contributed by atoms with Crippen molar-refractivity contribution in [3.8, 4) is 0 Å². The number of aromatic nitrogens is 3. The van der Waals surface area contributed by atoms with Crippen LogP contribution in [0.1, 0.15) is 29.8 Å². The maximum absolute atomic E-state index is 12.0. The molecule has 0 unspecified atom stereocenters. The Balaban J connectivity index is 1.79. The Morgan fingerprint density at radius 3 is 2.64 bits per heavy atom. The number of anilines is 1. The van der Waals surface area contributed by atoms with Crippen molar-refractivity contribution in [2.24, 2.45) is 0 Å². The van der Waals surface area contributed by atoms with Crippen LogP contribution >= 0.6 is 11.3 Å². The molecule has 3 rings (SSSR count). The zero-order valence-corrected chi connectivity index (χ0v) is 15.8. The molecular formula is C18H23N5OS. The number of benzene rings is 1. The third-order valence-corrected chi connectivity index (χ3v) is 5.08. The minimum atomic E-state index is -0.147. The summed E-state index contributed by atoms with van der Waals surface area (Å²) < 4.78 is 1.35. The smallest absolute Gasteiger partial charge is 0.275 e. The molecule has 3 aromatic rings. The van der Waals surface area contributed by atoms with Crippen LogP contribution in [0.5, 0.6) is 0 Å². The highest BCUT2D eigenvalue weighted by Gasteiger charge is 2.15. The monoisotopic (exact) mass is 357 g/mol. The van der Waals surface area contributed by atoms with Crippen LogP contribution < -0.4 is 10.9 Å². The molecule has 6 nitrogen and oxygen atoms in total. The van der Waals surface area contributed by atoms with Gasteiger partial charge in [0.2, 0.25) is 10.1 Å². The molecule has 7 heteroatoms. The summed E-state index contributed by atoms with van der Waals surface area (Å²) in [7, 11) is 4.13. The van der Waals surface area contributed by atoms with Crippen molar-refractivity contribution in [3.63, 3.8) is 0 Å². The molecule has 0 amide bonds. The Hall–Kier alpha value is -2.25. The molecule has 0 aliphatic rings. The van der Waals surface area contributed by atoms with Crippen molar-refractivity contribution >= 4 is 21.4 Å². The molecule has 1 N–H and O–H groups in total. The van der Waals surface area contributed by atoms with E-state index in [4.69, 9.17) is 0 Å².